The first kappa shape index (κ1) is 16.1. The number of rotatable bonds is 2. The zero-order valence-electron chi connectivity index (χ0n) is 14.5. The van der Waals surface area contributed by atoms with Gasteiger partial charge in [0.15, 0.2) is 0 Å². The smallest absolute Gasteiger partial charge is 0.317 e. The summed E-state index contributed by atoms with van der Waals surface area (Å²) >= 11 is 0. The molecule has 0 aromatic carbocycles. The van der Waals surface area contributed by atoms with Crippen LogP contribution in [-0.4, -0.2) is 33.8 Å². The fraction of sp³-hybridized carbons (Fsp3) is 0.667. The van der Waals surface area contributed by atoms with Crippen LogP contribution in [0.15, 0.2) is 18.3 Å². The molecule has 3 rings (SSSR count). The van der Waals surface area contributed by atoms with Crippen LogP contribution in [0.5, 0.6) is 0 Å². The van der Waals surface area contributed by atoms with Crippen molar-refractivity contribution in [2.45, 2.75) is 52.0 Å². The van der Waals surface area contributed by atoms with E-state index in [0.717, 1.165) is 43.6 Å². The van der Waals surface area contributed by atoms with E-state index < -0.39 is 0 Å². The maximum absolute atomic E-state index is 12.7. The quantitative estimate of drug-likeness (QED) is 0.851. The number of hydrogen-bond acceptors (Lipinski definition) is 2. The molecular weight excluding hydrogens is 288 g/mol. The Labute approximate surface area is 138 Å². The molecule has 2 heterocycles. The van der Waals surface area contributed by atoms with E-state index in [9.17, 15) is 4.79 Å². The molecule has 1 aromatic heterocycles. The van der Waals surface area contributed by atoms with E-state index in [1.54, 1.807) is 4.68 Å². The first-order valence-corrected chi connectivity index (χ1v) is 8.70. The Morgan fingerprint density at radius 1 is 1.39 bits per heavy atom. The number of nitrogens with zero attached hydrogens (tertiary/aromatic N) is 3. The van der Waals surface area contributed by atoms with Crippen molar-refractivity contribution in [1.82, 2.24) is 20.0 Å². The number of carbonyl (C=O) groups excluding carboxylic acids is 1. The molecule has 2 amide bonds. The second-order valence-electron chi connectivity index (χ2n) is 7.25. The number of likely N-dealkylation sites (tertiary alicyclic amines) is 1. The van der Waals surface area contributed by atoms with Crippen molar-refractivity contribution < 1.29 is 4.79 Å². The summed E-state index contributed by atoms with van der Waals surface area (Å²) in [5, 5.41) is 7.52. The van der Waals surface area contributed by atoms with E-state index in [4.69, 9.17) is 0 Å². The van der Waals surface area contributed by atoms with Gasteiger partial charge in [-0.05, 0) is 51.4 Å². The summed E-state index contributed by atoms with van der Waals surface area (Å²) in [5.41, 5.74) is 2.39. The molecule has 1 fully saturated rings. The number of piperidine rings is 1. The number of aromatic nitrogens is 2. The fourth-order valence-electron chi connectivity index (χ4n) is 4.09. The molecule has 1 aliphatic heterocycles. The van der Waals surface area contributed by atoms with Gasteiger partial charge < -0.3 is 10.2 Å². The van der Waals surface area contributed by atoms with Crippen molar-refractivity contribution in [3.63, 3.8) is 0 Å². The van der Waals surface area contributed by atoms with Crippen molar-refractivity contribution in [3.8, 4) is 0 Å². The Bertz CT molecular complexity index is 606. The average molecular weight is 316 g/mol. The van der Waals surface area contributed by atoms with Crippen LogP contribution >= 0.6 is 0 Å². The van der Waals surface area contributed by atoms with Crippen molar-refractivity contribution in [1.29, 1.82) is 0 Å². The van der Waals surface area contributed by atoms with Crippen LogP contribution in [-0.2, 0) is 7.05 Å². The summed E-state index contributed by atoms with van der Waals surface area (Å²) in [6, 6.07) is 0.0507. The molecule has 1 aliphatic carbocycles. The minimum Gasteiger partial charge on any atom is -0.331 e. The Kier molecular flexibility index (Phi) is 4.46. The molecule has 5 heteroatoms. The molecule has 1 spiro atoms. The first-order chi connectivity index (χ1) is 11.0. The van der Waals surface area contributed by atoms with E-state index in [-0.39, 0.29) is 12.1 Å². The van der Waals surface area contributed by atoms with Gasteiger partial charge in [0, 0.05) is 31.9 Å². The van der Waals surface area contributed by atoms with Crippen LogP contribution < -0.4 is 5.32 Å². The summed E-state index contributed by atoms with van der Waals surface area (Å²) < 4.78 is 1.80. The maximum Gasteiger partial charge on any atom is 0.317 e. The van der Waals surface area contributed by atoms with Crippen LogP contribution in [0.3, 0.4) is 0 Å². The molecule has 2 atom stereocenters. The Hall–Kier alpha value is -1.78. The van der Waals surface area contributed by atoms with E-state index in [1.807, 2.05) is 32.0 Å². The van der Waals surface area contributed by atoms with Gasteiger partial charge in [-0.2, -0.15) is 5.10 Å². The van der Waals surface area contributed by atoms with Gasteiger partial charge in [-0.3, -0.25) is 4.68 Å². The van der Waals surface area contributed by atoms with E-state index in [1.165, 1.54) is 12.8 Å². The van der Waals surface area contributed by atoms with Gasteiger partial charge in [-0.1, -0.05) is 12.2 Å². The lowest BCUT2D eigenvalue weighted by atomic mass is 9.71. The highest BCUT2D eigenvalue weighted by atomic mass is 16.2. The summed E-state index contributed by atoms with van der Waals surface area (Å²) in [6.07, 6.45) is 12.4. The van der Waals surface area contributed by atoms with Crippen LogP contribution in [0.25, 0.3) is 0 Å². The van der Waals surface area contributed by atoms with Crippen LogP contribution in [0.2, 0.25) is 0 Å². The van der Waals surface area contributed by atoms with Crippen LogP contribution in [0.4, 0.5) is 4.79 Å². The SMILES string of the molecule is Cc1nn(C)cc1[C@@H](C)NC(=O)N1CCC[C@]2(CC=CCC2)C1. The lowest BCUT2D eigenvalue weighted by Crippen LogP contribution is -2.50. The predicted octanol–water partition coefficient (Wildman–Crippen LogP) is 3.32. The zero-order chi connectivity index (χ0) is 16.4. The minimum absolute atomic E-state index is 0.0136. The second-order valence-corrected chi connectivity index (χ2v) is 7.25. The third-order valence-corrected chi connectivity index (χ3v) is 5.37. The molecule has 0 bridgehead atoms. The molecule has 2 aliphatic rings. The summed E-state index contributed by atoms with van der Waals surface area (Å²) in [4.78, 5) is 14.7. The number of carbonyl (C=O) groups is 1. The lowest BCUT2D eigenvalue weighted by Gasteiger charge is -2.44. The molecule has 23 heavy (non-hydrogen) atoms. The van der Waals surface area contributed by atoms with Crippen molar-refractivity contribution in [2.75, 3.05) is 13.1 Å². The van der Waals surface area contributed by atoms with Crippen molar-refractivity contribution in [3.05, 3.63) is 29.6 Å². The zero-order valence-corrected chi connectivity index (χ0v) is 14.5. The summed E-state index contributed by atoms with van der Waals surface area (Å²) in [5.74, 6) is 0. The van der Waals surface area contributed by atoms with Crippen molar-refractivity contribution >= 4 is 6.03 Å². The second kappa shape index (κ2) is 6.38. The Morgan fingerprint density at radius 3 is 2.87 bits per heavy atom. The first-order valence-electron chi connectivity index (χ1n) is 8.70. The fourth-order valence-corrected chi connectivity index (χ4v) is 4.09. The molecular formula is C18H28N4O. The third kappa shape index (κ3) is 3.43. The topological polar surface area (TPSA) is 50.2 Å². The number of aryl methyl sites for hydroxylation is 2. The summed E-state index contributed by atoms with van der Waals surface area (Å²) in [6.45, 7) is 5.78. The molecule has 0 saturated carbocycles. The molecule has 126 valence electrons. The molecule has 1 N–H and O–H groups in total. The van der Waals surface area contributed by atoms with Gasteiger partial charge in [-0.15, -0.1) is 0 Å². The maximum atomic E-state index is 12.7. The molecule has 1 aromatic rings. The highest BCUT2D eigenvalue weighted by molar-refractivity contribution is 5.75. The van der Waals surface area contributed by atoms with Crippen molar-refractivity contribution in [2.24, 2.45) is 12.5 Å². The lowest BCUT2D eigenvalue weighted by molar-refractivity contribution is 0.0948. The van der Waals surface area contributed by atoms with E-state index in [2.05, 4.69) is 22.6 Å². The third-order valence-electron chi connectivity index (χ3n) is 5.37. The highest BCUT2D eigenvalue weighted by Crippen LogP contribution is 2.40. The van der Waals surface area contributed by atoms with E-state index in [0.29, 0.717) is 5.41 Å². The van der Waals surface area contributed by atoms with Gasteiger partial charge in [-0.25, -0.2) is 4.79 Å². The molecule has 0 radical (unpaired) electrons. The Morgan fingerprint density at radius 2 is 2.22 bits per heavy atom. The molecule has 0 unspecified atom stereocenters. The average Bonchev–Trinajstić information content (AvgIpc) is 2.87. The van der Waals surface area contributed by atoms with Gasteiger partial charge in [0.25, 0.3) is 0 Å². The predicted molar refractivity (Wildman–Crippen MR) is 91.1 cm³/mol. The minimum atomic E-state index is -0.0136. The monoisotopic (exact) mass is 316 g/mol. The normalized spacial score (nSPS) is 25.6. The number of allylic oxidation sites excluding steroid dienone is 2. The van der Waals surface area contributed by atoms with E-state index >= 15 is 0 Å². The van der Waals surface area contributed by atoms with Crippen LogP contribution in [0, 0.1) is 12.3 Å². The molecule has 5 nitrogen and oxygen atoms in total. The Balaban J connectivity index is 1.63. The number of nitrogens with one attached hydrogen (secondary N) is 1. The summed E-state index contributed by atoms with van der Waals surface area (Å²) in [7, 11) is 1.91. The molecule has 1 saturated heterocycles. The van der Waals surface area contributed by atoms with Gasteiger partial charge in [0.1, 0.15) is 0 Å². The highest BCUT2D eigenvalue weighted by Gasteiger charge is 2.37. The standard InChI is InChI=1S/C18H28N4O/c1-14(16-12-21(3)20-15(16)2)19-17(23)22-11-7-10-18(13-22)8-5-4-6-9-18/h4-5,12,14H,6-11,13H2,1-3H3,(H,19,23)/t14-,18-/m1/s1. The van der Waals surface area contributed by atoms with Crippen LogP contribution in [0.1, 0.15) is 56.3 Å². The number of hydrogen-bond donors (Lipinski definition) is 1. The number of urea groups is 1. The number of amides is 2. The van der Waals surface area contributed by atoms with Gasteiger partial charge in [0.2, 0.25) is 0 Å². The van der Waals surface area contributed by atoms with Gasteiger partial charge >= 0.3 is 6.03 Å². The van der Waals surface area contributed by atoms with Gasteiger partial charge in [0.05, 0.1) is 11.7 Å². The largest absolute Gasteiger partial charge is 0.331 e.